The SMILES string of the molecule is CC(C)NC(=O)Nc1ccc2ncccc2c1. The first-order valence-corrected chi connectivity index (χ1v) is 5.57. The van der Waals surface area contributed by atoms with E-state index in [0.29, 0.717) is 0 Å². The van der Waals surface area contributed by atoms with Gasteiger partial charge in [-0.3, -0.25) is 4.98 Å². The summed E-state index contributed by atoms with van der Waals surface area (Å²) in [4.78, 5) is 15.7. The summed E-state index contributed by atoms with van der Waals surface area (Å²) in [5.41, 5.74) is 1.69. The lowest BCUT2D eigenvalue weighted by Gasteiger charge is -2.10. The van der Waals surface area contributed by atoms with Gasteiger partial charge in [-0.05, 0) is 38.1 Å². The number of anilines is 1. The van der Waals surface area contributed by atoms with E-state index in [9.17, 15) is 4.79 Å². The highest BCUT2D eigenvalue weighted by molar-refractivity contribution is 5.92. The molecule has 0 bridgehead atoms. The molecule has 0 saturated heterocycles. The first kappa shape index (κ1) is 11.4. The van der Waals surface area contributed by atoms with Crippen molar-refractivity contribution in [2.75, 3.05) is 5.32 Å². The van der Waals surface area contributed by atoms with Crippen molar-refractivity contribution in [1.29, 1.82) is 0 Å². The highest BCUT2D eigenvalue weighted by Crippen LogP contribution is 2.16. The van der Waals surface area contributed by atoms with Gasteiger partial charge < -0.3 is 10.6 Å². The number of fused-ring (bicyclic) bond motifs is 1. The second-order valence-electron chi connectivity index (χ2n) is 4.16. The first-order chi connectivity index (χ1) is 8.15. The van der Waals surface area contributed by atoms with Crippen molar-refractivity contribution >= 4 is 22.6 Å². The Morgan fingerprint density at radius 3 is 2.88 bits per heavy atom. The molecule has 1 heterocycles. The van der Waals surface area contributed by atoms with Crippen molar-refractivity contribution in [3.8, 4) is 0 Å². The summed E-state index contributed by atoms with van der Waals surface area (Å²) in [6.45, 7) is 3.84. The Hall–Kier alpha value is -2.10. The van der Waals surface area contributed by atoms with Gasteiger partial charge in [-0.25, -0.2) is 4.79 Å². The molecule has 0 aliphatic rings. The Morgan fingerprint density at radius 2 is 2.12 bits per heavy atom. The van der Waals surface area contributed by atoms with Gasteiger partial charge in [0, 0.05) is 23.3 Å². The van der Waals surface area contributed by atoms with Gasteiger partial charge in [-0.2, -0.15) is 0 Å². The molecule has 0 aliphatic heterocycles. The molecule has 2 rings (SSSR count). The smallest absolute Gasteiger partial charge is 0.319 e. The molecule has 17 heavy (non-hydrogen) atoms. The molecule has 4 nitrogen and oxygen atoms in total. The molecule has 1 aromatic heterocycles. The molecule has 2 aromatic rings. The van der Waals surface area contributed by atoms with Crippen molar-refractivity contribution in [1.82, 2.24) is 10.3 Å². The first-order valence-electron chi connectivity index (χ1n) is 5.57. The van der Waals surface area contributed by atoms with Crippen molar-refractivity contribution in [3.05, 3.63) is 36.5 Å². The van der Waals surface area contributed by atoms with Gasteiger partial charge in [0.2, 0.25) is 0 Å². The molecule has 88 valence electrons. The van der Waals surface area contributed by atoms with Crippen LogP contribution in [0.4, 0.5) is 10.5 Å². The van der Waals surface area contributed by atoms with E-state index < -0.39 is 0 Å². The third kappa shape index (κ3) is 2.93. The lowest BCUT2D eigenvalue weighted by atomic mass is 10.2. The van der Waals surface area contributed by atoms with Crippen molar-refractivity contribution in [2.45, 2.75) is 19.9 Å². The summed E-state index contributed by atoms with van der Waals surface area (Å²) in [5, 5.41) is 6.57. The molecule has 4 heteroatoms. The zero-order valence-electron chi connectivity index (χ0n) is 9.90. The number of nitrogens with one attached hydrogen (secondary N) is 2. The van der Waals surface area contributed by atoms with Crippen LogP contribution < -0.4 is 10.6 Å². The number of benzene rings is 1. The number of nitrogens with zero attached hydrogens (tertiary/aromatic N) is 1. The van der Waals surface area contributed by atoms with Crippen LogP contribution in [0.3, 0.4) is 0 Å². The van der Waals surface area contributed by atoms with Crippen molar-refractivity contribution in [2.24, 2.45) is 0 Å². The Bertz CT molecular complexity index is 537. The third-order valence-corrected chi connectivity index (χ3v) is 2.28. The maximum atomic E-state index is 11.5. The van der Waals surface area contributed by atoms with Gasteiger partial charge in [0.05, 0.1) is 5.52 Å². The number of pyridine rings is 1. The van der Waals surface area contributed by atoms with Gasteiger partial charge in [0.15, 0.2) is 0 Å². The number of aromatic nitrogens is 1. The number of urea groups is 1. The highest BCUT2D eigenvalue weighted by Gasteiger charge is 2.03. The number of rotatable bonds is 2. The normalized spacial score (nSPS) is 10.5. The number of carbonyl (C=O) groups excluding carboxylic acids is 1. The Balaban J connectivity index is 2.17. The van der Waals surface area contributed by atoms with Crippen LogP contribution in [0.25, 0.3) is 10.9 Å². The van der Waals surface area contributed by atoms with Gasteiger partial charge in [-0.15, -0.1) is 0 Å². The molecule has 1 aromatic carbocycles. The fourth-order valence-corrected chi connectivity index (χ4v) is 1.58. The fraction of sp³-hybridized carbons (Fsp3) is 0.231. The van der Waals surface area contributed by atoms with Crippen LogP contribution in [0.5, 0.6) is 0 Å². The van der Waals surface area contributed by atoms with Crippen LogP contribution in [-0.2, 0) is 0 Å². The lowest BCUT2D eigenvalue weighted by molar-refractivity contribution is 0.250. The van der Waals surface area contributed by atoms with E-state index >= 15 is 0 Å². The van der Waals surface area contributed by atoms with E-state index in [0.717, 1.165) is 16.6 Å². The van der Waals surface area contributed by atoms with E-state index in [1.807, 2.05) is 44.2 Å². The number of amides is 2. The van der Waals surface area contributed by atoms with Gasteiger partial charge in [0.25, 0.3) is 0 Å². The molecule has 0 spiro atoms. The largest absolute Gasteiger partial charge is 0.336 e. The van der Waals surface area contributed by atoms with Crippen LogP contribution in [-0.4, -0.2) is 17.1 Å². The number of hydrogen-bond donors (Lipinski definition) is 2. The Kier molecular flexibility index (Phi) is 3.23. The molecular formula is C13H15N3O. The van der Waals surface area contributed by atoms with Crippen LogP contribution in [0.1, 0.15) is 13.8 Å². The minimum atomic E-state index is -0.191. The summed E-state index contributed by atoms with van der Waals surface area (Å²) in [5.74, 6) is 0. The summed E-state index contributed by atoms with van der Waals surface area (Å²) in [6.07, 6.45) is 1.75. The molecule has 0 unspecified atom stereocenters. The topological polar surface area (TPSA) is 54.0 Å². The molecule has 2 N–H and O–H groups in total. The molecule has 0 saturated carbocycles. The average molecular weight is 229 g/mol. The number of carbonyl (C=O) groups is 1. The third-order valence-electron chi connectivity index (χ3n) is 2.28. The van der Waals surface area contributed by atoms with Gasteiger partial charge in [-0.1, -0.05) is 6.07 Å². The monoisotopic (exact) mass is 229 g/mol. The fourth-order valence-electron chi connectivity index (χ4n) is 1.58. The minimum absolute atomic E-state index is 0.122. The second kappa shape index (κ2) is 4.82. The van der Waals surface area contributed by atoms with Crippen LogP contribution >= 0.6 is 0 Å². The summed E-state index contributed by atoms with van der Waals surface area (Å²) in [7, 11) is 0. The quantitative estimate of drug-likeness (QED) is 0.832. The molecule has 0 aliphatic carbocycles. The van der Waals surface area contributed by atoms with E-state index in [4.69, 9.17) is 0 Å². The summed E-state index contributed by atoms with van der Waals surface area (Å²) >= 11 is 0. The minimum Gasteiger partial charge on any atom is -0.336 e. The zero-order valence-corrected chi connectivity index (χ0v) is 9.90. The van der Waals surface area contributed by atoms with E-state index in [2.05, 4.69) is 15.6 Å². The molecular weight excluding hydrogens is 214 g/mol. The highest BCUT2D eigenvalue weighted by atomic mass is 16.2. The predicted octanol–water partition coefficient (Wildman–Crippen LogP) is 2.76. The summed E-state index contributed by atoms with van der Waals surface area (Å²) < 4.78 is 0. The van der Waals surface area contributed by atoms with Crippen molar-refractivity contribution in [3.63, 3.8) is 0 Å². The van der Waals surface area contributed by atoms with Gasteiger partial charge >= 0.3 is 6.03 Å². The molecule has 0 fully saturated rings. The zero-order chi connectivity index (χ0) is 12.3. The maximum absolute atomic E-state index is 11.5. The van der Waals surface area contributed by atoms with Crippen LogP contribution in [0.2, 0.25) is 0 Å². The average Bonchev–Trinajstić information content (AvgIpc) is 2.27. The van der Waals surface area contributed by atoms with Crippen LogP contribution in [0.15, 0.2) is 36.5 Å². The maximum Gasteiger partial charge on any atom is 0.319 e. The number of hydrogen-bond acceptors (Lipinski definition) is 2. The van der Waals surface area contributed by atoms with Crippen molar-refractivity contribution < 1.29 is 4.79 Å². The molecule has 2 amide bonds. The van der Waals surface area contributed by atoms with E-state index in [-0.39, 0.29) is 12.1 Å². The standard InChI is InChI=1S/C13H15N3O/c1-9(2)15-13(17)16-11-5-6-12-10(8-11)4-3-7-14-12/h3-9H,1-2H3,(H2,15,16,17). The lowest BCUT2D eigenvalue weighted by Crippen LogP contribution is -2.34. The van der Waals surface area contributed by atoms with E-state index in [1.165, 1.54) is 0 Å². The Morgan fingerprint density at radius 1 is 1.29 bits per heavy atom. The Labute approximate surface area is 100 Å². The second-order valence-corrected chi connectivity index (χ2v) is 4.16. The molecule has 0 atom stereocenters. The van der Waals surface area contributed by atoms with Gasteiger partial charge in [0.1, 0.15) is 0 Å². The van der Waals surface area contributed by atoms with E-state index in [1.54, 1.807) is 6.20 Å². The predicted molar refractivity (Wildman–Crippen MR) is 69.0 cm³/mol. The molecule has 0 radical (unpaired) electrons. The van der Waals surface area contributed by atoms with Crippen LogP contribution in [0, 0.1) is 0 Å². The summed E-state index contributed by atoms with van der Waals surface area (Å²) in [6, 6.07) is 9.41.